The highest BCUT2D eigenvalue weighted by Gasteiger charge is 2.50. The summed E-state index contributed by atoms with van der Waals surface area (Å²) in [5, 5.41) is 14.8. The van der Waals surface area contributed by atoms with E-state index < -0.39 is 0 Å². The van der Waals surface area contributed by atoms with E-state index in [-0.39, 0.29) is 11.5 Å². The molecule has 1 amide bonds. The maximum absolute atomic E-state index is 11.8. The highest BCUT2D eigenvalue weighted by molar-refractivity contribution is 5.89. The van der Waals surface area contributed by atoms with Crippen molar-refractivity contribution in [2.75, 3.05) is 18.1 Å². The first-order valence-corrected chi connectivity index (χ1v) is 11.2. The van der Waals surface area contributed by atoms with E-state index in [1.807, 2.05) is 30.3 Å². The maximum Gasteiger partial charge on any atom is 0.414 e. The number of fused-ring (bicyclic) bond motifs is 2. The van der Waals surface area contributed by atoms with Crippen LogP contribution >= 0.6 is 0 Å². The van der Waals surface area contributed by atoms with Crippen molar-refractivity contribution in [1.82, 2.24) is 29.8 Å². The lowest BCUT2D eigenvalue weighted by molar-refractivity contribution is 0.181. The van der Waals surface area contributed by atoms with E-state index in [1.54, 1.807) is 21.8 Å². The van der Waals surface area contributed by atoms with Crippen LogP contribution in [0.1, 0.15) is 24.2 Å². The SMILES string of the molecule is O=C1OCCN1c1ccc(-c2cnc3nnc(C4(c5ccc6ncccc6c5)CC4)n3n2)cc1. The van der Waals surface area contributed by atoms with E-state index in [1.165, 1.54) is 5.56 Å². The second kappa shape index (κ2) is 7.05. The Morgan fingerprint density at radius 3 is 2.65 bits per heavy atom. The number of nitrogens with zero attached hydrogens (tertiary/aromatic N) is 7. The van der Waals surface area contributed by atoms with Gasteiger partial charge in [0.25, 0.3) is 5.78 Å². The fourth-order valence-electron chi connectivity index (χ4n) is 4.71. The van der Waals surface area contributed by atoms with Crippen LogP contribution in [-0.2, 0) is 10.2 Å². The Kier molecular flexibility index (Phi) is 3.96. The average Bonchev–Trinajstić information content (AvgIpc) is 3.39. The molecule has 0 unspecified atom stereocenters. The molecule has 1 aliphatic carbocycles. The van der Waals surface area contributed by atoms with Crippen LogP contribution in [0, 0.1) is 0 Å². The Morgan fingerprint density at radius 1 is 0.971 bits per heavy atom. The van der Waals surface area contributed by atoms with Crippen molar-refractivity contribution in [3.8, 4) is 11.3 Å². The molecule has 3 aromatic heterocycles. The Balaban J connectivity index is 1.27. The number of rotatable bonds is 4. The van der Waals surface area contributed by atoms with Gasteiger partial charge in [0.05, 0.1) is 23.7 Å². The number of anilines is 1. The predicted octanol–water partition coefficient (Wildman–Crippen LogP) is 3.77. The molecule has 0 atom stereocenters. The number of aromatic nitrogens is 6. The van der Waals surface area contributed by atoms with Gasteiger partial charge in [-0.3, -0.25) is 9.88 Å². The molecule has 9 heteroatoms. The van der Waals surface area contributed by atoms with Gasteiger partial charge in [0.15, 0.2) is 5.82 Å². The van der Waals surface area contributed by atoms with Gasteiger partial charge in [0.1, 0.15) is 12.3 Å². The zero-order chi connectivity index (χ0) is 22.7. The molecule has 4 heterocycles. The third-order valence-electron chi connectivity index (χ3n) is 6.70. The smallest absolute Gasteiger partial charge is 0.414 e. The minimum absolute atomic E-state index is 0.225. The molecule has 0 spiro atoms. The van der Waals surface area contributed by atoms with E-state index in [2.05, 4.69) is 44.4 Å². The van der Waals surface area contributed by atoms with Crippen LogP contribution in [0.4, 0.5) is 10.5 Å². The number of hydrogen-bond donors (Lipinski definition) is 0. The van der Waals surface area contributed by atoms with Crippen LogP contribution in [0.5, 0.6) is 0 Å². The zero-order valence-electron chi connectivity index (χ0n) is 18.1. The summed E-state index contributed by atoms with van der Waals surface area (Å²) in [6, 6.07) is 18.1. The van der Waals surface area contributed by atoms with Crippen LogP contribution in [-0.4, -0.2) is 49.0 Å². The summed E-state index contributed by atoms with van der Waals surface area (Å²) < 4.78 is 6.79. The quantitative estimate of drug-likeness (QED) is 0.412. The normalized spacial score (nSPS) is 16.8. The van der Waals surface area contributed by atoms with Gasteiger partial charge < -0.3 is 4.74 Å². The van der Waals surface area contributed by atoms with Crippen molar-refractivity contribution in [1.29, 1.82) is 0 Å². The van der Waals surface area contributed by atoms with Crippen LogP contribution < -0.4 is 4.90 Å². The van der Waals surface area contributed by atoms with Gasteiger partial charge >= 0.3 is 6.09 Å². The lowest BCUT2D eigenvalue weighted by atomic mass is 9.94. The van der Waals surface area contributed by atoms with E-state index >= 15 is 0 Å². The number of pyridine rings is 1. The first-order valence-electron chi connectivity index (χ1n) is 11.2. The van der Waals surface area contributed by atoms with E-state index in [9.17, 15) is 4.79 Å². The second-order valence-corrected chi connectivity index (χ2v) is 8.68. The molecular formula is C25H19N7O2. The van der Waals surface area contributed by atoms with Crippen LogP contribution in [0.15, 0.2) is 67.0 Å². The molecule has 7 rings (SSSR count). The van der Waals surface area contributed by atoms with Gasteiger partial charge in [-0.1, -0.05) is 24.3 Å². The first kappa shape index (κ1) is 19.1. The van der Waals surface area contributed by atoms with Crippen LogP contribution in [0.25, 0.3) is 27.9 Å². The molecule has 2 aliphatic rings. The highest BCUT2D eigenvalue weighted by atomic mass is 16.6. The molecule has 5 aromatic rings. The standard InChI is InChI=1S/C25H19N7O2/c33-24-31(12-13-34-24)19-6-3-16(4-7-19)21-15-27-23-29-28-22(32(23)30-21)25(9-10-25)18-5-8-20-17(14-18)2-1-11-26-20/h1-8,11,14-15H,9-10,12-13H2. The fraction of sp³-hybridized carbons (Fsp3) is 0.200. The zero-order valence-corrected chi connectivity index (χ0v) is 18.1. The summed E-state index contributed by atoms with van der Waals surface area (Å²) in [5.74, 6) is 1.28. The molecule has 9 nitrogen and oxygen atoms in total. The van der Waals surface area contributed by atoms with Crippen LogP contribution in [0.2, 0.25) is 0 Å². The molecule has 1 aliphatic heterocycles. The number of amides is 1. The van der Waals surface area contributed by atoms with Gasteiger partial charge in [-0.2, -0.15) is 9.61 Å². The second-order valence-electron chi connectivity index (χ2n) is 8.68. The van der Waals surface area contributed by atoms with Crippen molar-refractivity contribution in [2.24, 2.45) is 0 Å². The van der Waals surface area contributed by atoms with Crippen molar-refractivity contribution >= 4 is 28.5 Å². The van der Waals surface area contributed by atoms with Crippen molar-refractivity contribution in [3.05, 3.63) is 78.4 Å². The fourth-order valence-corrected chi connectivity index (χ4v) is 4.71. The van der Waals surface area contributed by atoms with Gasteiger partial charge in [-0.15, -0.1) is 10.2 Å². The van der Waals surface area contributed by atoms with Gasteiger partial charge in [-0.25, -0.2) is 9.78 Å². The molecular weight excluding hydrogens is 430 g/mol. The summed E-state index contributed by atoms with van der Waals surface area (Å²) in [5.41, 5.74) is 4.34. The highest BCUT2D eigenvalue weighted by Crippen LogP contribution is 2.53. The molecule has 0 N–H and O–H groups in total. The summed E-state index contributed by atoms with van der Waals surface area (Å²) >= 11 is 0. The first-order chi connectivity index (χ1) is 16.7. The van der Waals surface area contributed by atoms with Crippen LogP contribution in [0.3, 0.4) is 0 Å². The molecule has 0 radical (unpaired) electrons. The minimum atomic E-state index is -0.317. The van der Waals surface area contributed by atoms with Crippen molar-refractivity contribution < 1.29 is 9.53 Å². The molecule has 2 fully saturated rings. The molecule has 166 valence electrons. The third-order valence-corrected chi connectivity index (χ3v) is 6.70. The Hall–Kier alpha value is -4.40. The topological polar surface area (TPSA) is 98.4 Å². The van der Waals surface area contributed by atoms with E-state index in [0.29, 0.717) is 24.6 Å². The number of ether oxygens (including phenoxy) is 1. The number of cyclic esters (lactones) is 1. The summed E-state index contributed by atoms with van der Waals surface area (Å²) in [6.07, 6.45) is 5.15. The largest absolute Gasteiger partial charge is 0.447 e. The molecule has 0 bridgehead atoms. The van der Waals surface area contributed by atoms with E-state index in [4.69, 9.17) is 9.84 Å². The lowest BCUT2D eigenvalue weighted by Gasteiger charge is -2.15. The predicted molar refractivity (Wildman–Crippen MR) is 124 cm³/mol. The Morgan fingerprint density at radius 2 is 1.85 bits per heavy atom. The number of hydrogen-bond acceptors (Lipinski definition) is 7. The number of benzene rings is 2. The van der Waals surface area contributed by atoms with Crippen molar-refractivity contribution in [3.63, 3.8) is 0 Å². The number of carbonyl (C=O) groups excluding carboxylic acids is 1. The summed E-state index contributed by atoms with van der Waals surface area (Å²) in [4.78, 5) is 22.4. The number of carbonyl (C=O) groups is 1. The molecule has 2 aromatic carbocycles. The van der Waals surface area contributed by atoms with Gasteiger partial charge in [0, 0.05) is 22.8 Å². The van der Waals surface area contributed by atoms with E-state index in [0.717, 1.165) is 40.8 Å². The average molecular weight is 449 g/mol. The Bertz CT molecular complexity index is 1570. The third kappa shape index (κ3) is 2.86. The molecule has 1 saturated heterocycles. The Labute approximate surface area is 194 Å². The van der Waals surface area contributed by atoms with Gasteiger partial charge in [-0.05, 0) is 48.7 Å². The lowest BCUT2D eigenvalue weighted by Crippen LogP contribution is -2.23. The van der Waals surface area contributed by atoms with Gasteiger partial charge in [0.2, 0.25) is 0 Å². The summed E-state index contributed by atoms with van der Waals surface area (Å²) in [7, 11) is 0. The molecule has 34 heavy (non-hydrogen) atoms. The summed E-state index contributed by atoms with van der Waals surface area (Å²) in [6.45, 7) is 0.968. The molecule has 1 saturated carbocycles. The van der Waals surface area contributed by atoms with Crippen molar-refractivity contribution in [2.45, 2.75) is 18.3 Å². The maximum atomic E-state index is 11.8. The minimum Gasteiger partial charge on any atom is -0.447 e. The monoisotopic (exact) mass is 449 g/mol.